The van der Waals surface area contributed by atoms with E-state index < -0.39 is 0 Å². The van der Waals surface area contributed by atoms with Crippen LogP contribution in [0.25, 0.3) is 0 Å². The lowest BCUT2D eigenvalue weighted by atomic mass is 9.98. The second-order valence-corrected chi connectivity index (χ2v) is 6.19. The van der Waals surface area contributed by atoms with Crippen LogP contribution in [0.3, 0.4) is 0 Å². The van der Waals surface area contributed by atoms with E-state index >= 15 is 0 Å². The number of nitrogens with one attached hydrogen (secondary N) is 1. The molecule has 2 amide bonds. The van der Waals surface area contributed by atoms with E-state index in [1.54, 1.807) is 6.92 Å². The van der Waals surface area contributed by atoms with Gasteiger partial charge in [0.1, 0.15) is 0 Å². The molecule has 124 valence electrons. The Morgan fingerprint density at radius 2 is 1.79 bits per heavy atom. The lowest BCUT2D eigenvalue weighted by molar-refractivity contribution is -0.120. The molecule has 4 nitrogen and oxygen atoms in total. The molecule has 1 aliphatic heterocycles. The molecule has 4 heteroatoms. The topological polar surface area (TPSA) is 49.4 Å². The van der Waals surface area contributed by atoms with Gasteiger partial charge in [0.15, 0.2) is 0 Å². The van der Waals surface area contributed by atoms with Crippen molar-refractivity contribution in [2.75, 3.05) is 18.0 Å². The normalized spacial score (nSPS) is 15.9. The molecule has 0 aliphatic carbocycles. The molecule has 2 aromatic rings. The summed E-state index contributed by atoms with van der Waals surface area (Å²) < 4.78 is 0. The number of fused-ring (bicyclic) bond motifs is 1. The third kappa shape index (κ3) is 3.65. The molecule has 24 heavy (non-hydrogen) atoms. The smallest absolute Gasteiger partial charge is 0.224 e. The first-order valence-corrected chi connectivity index (χ1v) is 8.33. The van der Waals surface area contributed by atoms with E-state index in [0.717, 1.165) is 17.7 Å². The van der Waals surface area contributed by atoms with Crippen LogP contribution in [-0.2, 0) is 16.0 Å². The zero-order chi connectivity index (χ0) is 16.9. The highest BCUT2D eigenvalue weighted by Gasteiger charge is 2.29. The third-order valence-corrected chi connectivity index (χ3v) is 4.47. The lowest BCUT2D eigenvalue weighted by Crippen LogP contribution is -2.29. The van der Waals surface area contributed by atoms with Crippen LogP contribution in [0.2, 0.25) is 0 Å². The standard InChI is InChI=1S/C20H22N2O2/c1-15(23)22-14-17(18-9-5-6-10-19(18)22)11-12-21-20(24)13-16-7-3-2-4-8-16/h2-10,17H,11-14H2,1H3,(H,21,24). The number of para-hydroxylation sites is 1. The Morgan fingerprint density at radius 3 is 2.54 bits per heavy atom. The molecule has 0 aromatic heterocycles. The van der Waals surface area contributed by atoms with Gasteiger partial charge in [-0.2, -0.15) is 0 Å². The van der Waals surface area contributed by atoms with Crippen LogP contribution in [0.4, 0.5) is 5.69 Å². The molecule has 1 aliphatic rings. The summed E-state index contributed by atoms with van der Waals surface area (Å²) in [7, 11) is 0. The van der Waals surface area contributed by atoms with Crippen LogP contribution < -0.4 is 10.2 Å². The van der Waals surface area contributed by atoms with Crippen molar-refractivity contribution in [1.82, 2.24) is 5.32 Å². The van der Waals surface area contributed by atoms with Gasteiger partial charge in [-0.1, -0.05) is 48.5 Å². The summed E-state index contributed by atoms with van der Waals surface area (Å²) in [6.45, 7) is 2.92. The molecule has 0 fully saturated rings. The zero-order valence-electron chi connectivity index (χ0n) is 13.9. The lowest BCUT2D eigenvalue weighted by Gasteiger charge is -2.15. The van der Waals surface area contributed by atoms with Crippen LogP contribution in [-0.4, -0.2) is 24.9 Å². The van der Waals surface area contributed by atoms with Crippen LogP contribution >= 0.6 is 0 Å². The van der Waals surface area contributed by atoms with Gasteiger partial charge in [-0.05, 0) is 23.6 Å². The summed E-state index contributed by atoms with van der Waals surface area (Å²) in [5, 5.41) is 2.99. The minimum Gasteiger partial charge on any atom is -0.356 e. The van der Waals surface area contributed by atoms with E-state index in [1.807, 2.05) is 53.4 Å². The molecule has 1 heterocycles. The Balaban J connectivity index is 1.54. The Bertz CT molecular complexity index is 727. The molecular weight excluding hydrogens is 300 g/mol. The molecule has 1 unspecified atom stereocenters. The molecule has 3 rings (SSSR count). The van der Waals surface area contributed by atoms with E-state index in [0.29, 0.717) is 19.5 Å². The van der Waals surface area contributed by atoms with E-state index in [2.05, 4.69) is 11.4 Å². The van der Waals surface area contributed by atoms with Gasteiger partial charge in [0, 0.05) is 31.6 Å². The van der Waals surface area contributed by atoms with Crippen LogP contribution in [0.15, 0.2) is 54.6 Å². The van der Waals surface area contributed by atoms with Crippen molar-refractivity contribution in [3.8, 4) is 0 Å². The summed E-state index contributed by atoms with van der Waals surface area (Å²) in [5.74, 6) is 0.385. The maximum absolute atomic E-state index is 12.0. The Kier molecular flexibility index (Phi) is 4.94. The van der Waals surface area contributed by atoms with Crippen molar-refractivity contribution in [2.24, 2.45) is 0 Å². The van der Waals surface area contributed by atoms with E-state index in [4.69, 9.17) is 0 Å². The van der Waals surface area contributed by atoms with Crippen LogP contribution in [0, 0.1) is 0 Å². The summed E-state index contributed by atoms with van der Waals surface area (Å²) in [4.78, 5) is 25.6. The summed E-state index contributed by atoms with van der Waals surface area (Å²) in [6.07, 6.45) is 1.24. The van der Waals surface area contributed by atoms with Gasteiger partial charge in [0.25, 0.3) is 0 Å². The number of anilines is 1. The first-order valence-electron chi connectivity index (χ1n) is 8.33. The molecule has 0 saturated heterocycles. The molecule has 1 N–H and O–H groups in total. The van der Waals surface area contributed by atoms with Crippen LogP contribution in [0.5, 0.6) is 0 Å². The van der Waals surface area contributed by atoms with Crippen molar-refractivity contribution in [3.05, 3.63) is 65.7 Å². The van der Waals surface area contributed by atoms with Crippen molar-refractivity contribution in [1.29, 1.82) is 0 Å². The number of hydrogen-bond acceptors (Lipinski definition) is 2. The summed E-state index contributed by atoms with van der Waals surface area (Å²) in [5.41, 5.74) is 3.22. The molecule has 0 bridgehead atoms. The quantitative estimate of drug-likeness (QED) is 0.920. The average Bonchev–Trinajstić information content (AvgIpc) is 2.95. The molecule has 2 aromatic carbocycles. The van der Waals surface area contributed by atoms with Gasteiger partial charge in [-0.15, -0.1) is 0 Å². The highest BCUT2D eigenvalue weighted by Crippen LogP contribution is 2.37. The number of amides is 2. The minimum absolute atomic E-state index is 0.0379. The first-order chi connectivity index (χ1) is 11.6. The van der Waals surface area contributed by atoms with Gasteiger partial charge in [-0.3, -0.25) is 9.59 Å². The highest BCUT2D eigenvalue weighted by molar-refractivity contribution is 5.94. The fraction of sp³-hybridized carbons (Fsp3) is 0.300. The maximum atomic E-state index is 12.0. The molecule has 0 spiro atoms. The summed E-state index contributed by atoms with van der Waals surface area (Å²) >= 11 is 0. The average molecular weight is 322 g/mol. The number of nitrogens with zero attached hydrogens (tertiary/aromatic N) is 1. The molecule has 0 radical (unpaired) electrons. The zero-order valence-corrected chi connectivity index (χ0v) is 13.9. The largest absolute Gasteiger partial charge is 0.356 e. The van der Waals surface area contributed by atoms with Crippen molar-refractivity contribution in [2.45, 2.75) is 25.7 Å². The molecule has 0 saturated carbocycles. The fourth-order valence-corrected chi connectivity index (χ4v) is 3.27. The Labute approximate surface area is 142 Å². The molecular formula is C20H22N2O2. The van der Waals surface area contributed by atoms with Crippen molar-refractivity contribution >= 4 is 17.5 Å². The first kappa shape index (κ1) is 16.2. The van der Waals surface area contributed by atoms with Gasteiger partial charge in [0.2, 0.25) is 11.8 Å². The van der Waals surface area contributed by atoms with E-state index in [1.165, 1.54) is 5.56 Å². The van der Waals surface area contributed by atoms with Gasteiger partial charge in [-0.25, -0.2) is 0 Å². The number of hydrogen-bond donors (Lipinski definition) is 1. The highest BCUT2D eigenvalue weighted by atomic mass is 16.2. The minimum atomic E-state index is 0.0379. The SMILES string of the molecule is CC(=O)N1CC(CCNC(=O)Cc2ccccc2)c2ccccc21. The number of rotatable bonds is 5. The monoisotopic (exact) mass is 322 g/mol. The van der Waals surface area contributed by atoms with E-state index in [9.17, 15) is 9.59 Å². The van der Waals surface area contributed by atoms with E-state index in [-0.39, 0.29) is 17.7 Å². The van der Waals surface area contributed by atoms with Gasteiger partial charge in [0.05, 0.1) is 6.42 Å². The number of carbonyl (C=O) groups excluding carboxylic acids is 2. The number of carbonyl (C=O) groups is 2. The predicted molar refractivity (Wildman–Crippen MR) is 95.0 cm³/mol. The predicted octanol–water partition coefficient (Wildman–Crippen LogP) is 2.89. The van der Waals surface area contributed by atoms with Crippen LogP contribution in [0.1, 0.15) is 30.4 Å². The Morgan fingerprint density at radius 1 is 1.08 bits per heavy atom. The van der Waals surface area contributed by atoms with Crippen molar-refractivity contribution < 1.29 is 9.59 Å². The van der Waals surface area contributed by atoms with Gasteiger partial charge >= 0.3 is 0 Å². The van der Waals surface area contributed by atoms with Crippen molar-refractivity contribution in [3.63, 3.8) is 0 Å². The molecule has 1 atom stereocenters. The fourth-order valence-electron chi connectivity index (χ4n) is 3.27. The Hall–Kier alpha value is -2.62. The maximum Gasteiger partial charge on any atom is 0.224 e. The second kappa shape index (κ2) is 7.30. The van der Waals surface area contributed by atoms with Gasteiger partial charge < -0.3 is 10.2 Å². The summed E-state index contributed by atoms with van der Waals surface area (Å²) in [6, 6.07) is 17.8. The number of benzene rings is 2. The second-order valence-electron chi connectivity index (χ2n) is 6.19. The third-order valence-electron chi connectivity index (χ3n) is 4.47.